The van der Waals surface area contributed by atoms with E-state index in [1.807, 2.05) is 17.2 Å². The van der Waals surface area contributed by atoms with Crippen molar-refractivity contribution in [1.29, 1.82) is 0 Å². The summed E-state index contributed by atoms with van der Waals surface area (Å²) in [6, 6.07) is 0. The van der Waals surface area contributed by atoms with Crippen molar-refractivity contribution in [2.24, 2.45) is 5.92 Å². The van der Waals surface area contributed by atoms with E-state index in [4.69, 9.17) is 0 Å². The van der Waals surface area contributed by atoms with Gasteiger partial charge in [-0.15, -0.1) is 11.3 Å². The van der Waals surface area contributed by atoms with Crippen molar-refractivity contribution in [3.63, 3.8) is 0 Å². The first-order chi connectivity index (χ1) is 7.19. The predicted molar refractivity (Wildman–Crippen MR) is 64.2 cm³/mol. The Balaban J connectivity index is 1.98. The molecule has 1 atom stereocenters. The van der Waals surface area contributed by atoms with Crippen molar-refractivity contribution >= 4 is 29.9 Å². The third kappa shape index (κ3) is 2.52. The molecule has 0 aromatic carbocycles. The Kier molecular flexibility index (Phi) is 3.31. The summed E-state index contributed by atoms with van der Waals surface area (Å²) in [6.45, 7) is 3.48. The van der Waals surface area contributed by atoms with E-state index in [1.54, 1.807) is 11.3 Å². The number of likely N-dealkylation sites (tertiary alicyclic amines) is 1. The standard InChI is InChI=1S/C10H14N2OS2/c1-7-11-9(6-15-7)4-12-3-8(5-14)2-10(12)13/h6,8,14H,2-5H2,1H3. The summed E-state index contributed by atoms with van der Waals surface area (Å²) in [7, 11) is 0. The maximum Gasteiger partial charge on any atom is 0.223 e. The zero-order valence-electron chi connectivity index (χ0n) is 8.64. The van der Waals surface area contributed by atoms with Crippen LogP contribution in [0.4, 0.5) is 0 Å². The summed E-state index contributed by atoms with van der Waals surface area (Å²) >= 11 is 5.87. The molecule has 1 aromatic rings. The van der Waals surface area contributed by atoms with Gasteiger partial charge in [-0.1, -0.05) is 0 Å². The van der Waals surface area contributed by atoms with Crippen molar-refractivity contribution in [2.75, 3.05) is 12.3 Å². The normalized spacial score (nSPS) is 21.3. The Hall–Kier alpha value is -0.550. The van der Waals surface area contributed by atoms with Gasteiger partial charge in [-0.3, -0.25) is 4.79 Å². The minimum absolute atomic E-state index is 0.236. The minimum Gasteiger partial charge on any atom is -0.336 e. The van der Waals surface area contributed by atoms with E-state index in [0.717, 1.165) is 23.0 Å². The van der Waals surface area contributed by atoms with Crippen LogP contribution >= 0.6 is 24.0 Å². The van der Waals surface area contributed by atoms with Crippen LogP contribution in [0.5, 0.6) is 0 Å². The van der Waals surface area contributed by atoms with Crippen molar-refractivity contribution in [3.8, 4) is 0 Å². The summed E-state index contributed by atoms with van der Waals surface area (Å²) in [6.07, 6.45) is 0.645. The van der Waals surface area contributed by atoms with Gasteiger partial charge in [0.15, 0.2) is 0 Å². The number of carbonyl (C=O) groups excluding carboxylic acids is 1. The molecule has 3 nitrogen and oxygen atoms in total. The van der Waals surface area contributed by atoms with Gasteiger partial charge in [0.2, 0.25) is 5.91 Å². The number of nitrogens with zero attached hydrogens (tertiary/aromatic N) is 2. The van der Waals surface area contributed by atoms with Gasteiger partial charge < -0.3 is 4.90 Å². The fraction of sp³-hybridized carbons (Fsp3) is 0.600. The first-order valence-electron chi connectivity index (χ1n) is 4.98. The average molecular weight is 242 g/mol. The number of thiazole rings is 1. The van der Waals surface area contributed by atoms with Gasteiger partial charge in [-0.2, -0.15) is 12.6 Å². The van der Waals surface area contributed by atoms with Crippen LogP contribution in [-0.4, -0.2) is 28.1 Å². The lowest BCUT2D eigenvalue weighted by molar-refractivity contribution is -0.128. The largest absolute Gasteiger partial charge is 0.336 e. The van der Waals surface area contributed by atoms with Crippen molar-refractivity contribution in [3.05, 3.63) is 16.1 Å². The summed E-state index contributed by atoms with van der Waals surface area (Å²) in [5.41, 5.74) is 1.01. The molecule has 1 aliphatic heterocycles. The first-order valence-corrected chi connectivity index (χ1v) is 6.50. The second kappa shape index (κ2) is 4.53. The molecule has 5 heteroatoms. The molecule has 0 spiro atoms. The Morgan fingerprint density at radius 3 is 3.07 bits per heavy atom. The van der Waals surface area contributed by atoms with Crippen LogP contribution in [0.2, 0.25) is 0 Å². The lowest BCUT2D eigenvalue weighted by Crippen LogP contribution is -2.24. The summed E-state index contributed by atoms with van der Waals surface area (Å²) in [5, 5.41) is 3.08. The van der Waals surface area contributed by atoms with Gasteiger partial charge in [0, 0.05) is 18.3 Å². The Morgan fingerprint density at radius 2 is 2.53 bits per heavy atom. The molecule has 0 bridgehead atoms. The van der Waals surface area contributed by atoms with Gasteiger partial charge >= 0.3 is 0 Å². The molecule has 2 heterocycles. The number of rotatable bonds is 3. The topological polar surface area (TPSA) is 33.2 Å². The Morgan fingerprint density at radius 1 is 1.73 bits per heavy atom. The zero-order valence-corrected chi connectivity index (χ0v) is 10.4. The number of aryl methyl sites for hydroxylation is 1. The molecule has 0 aliphatic carbocycles. The average Bonchev–Trinajstić information content (AvgIpc) is 2.75. The quantitative estimate of drug-likeness (QED) is 0.819. The van der Waals surface area contributed by atoms with E-state index in [1.165, 1.54) is 0 Å². The summed E-state index contributed by atoms with van der Waals surface area (Å²) in [5.74, 6) is 1.44. The van der Waals surface area contributed by atoms with Gasteiger partial charge in [-0.25, -0.2) is 4.98 Å². The maximum atomic E-state index is 11.6. The fourth-order valence-corrected chi connectivity index (χ4v) is 2.65. The molecule has 1 aromatic heterocycles. The lowest BCUT2D eigenvalue weighted by atomic mass is 10.1. The van der Waals surface area contributed by atoms with Gasteiger partial charge in [-0.05, 0) is 18.6 Å². The molecule has 1 unspecified atom stereocenters. The number of hydrogen-bond acceptors (Lipinski definition) is 4. The minimum atomic E-state index is 0.236. The summed E-state index contributed by atoms with van der Waals surface area (Å²) < 4.78 is 0. The molecule has 2 rings (SSSR count). The van der Waals surface area contributed by atoms with Crippen LogP contribution in [0, 0.1) is 12.8 Å². The van der Waals surface area contributed by atoms with E-state index in [0.29, 0.717) is 18.9 Å². The predicted octanol–water partition coefficient (Wildman–Crippen LogP) is 1.73. The molecule has 82 valence electrons. The maximum absolute atomic E-state index is 11.6. The van der Waals surface area contributed by atoms with Crippen LogP contribution in [0.15, 0.2) is 5.38 Å². The van der Waals surface area contributed by atoms with E-state index in [2.05, 4.69) is 17.6 Å². The number of thiol groups is 1. The second-order valence-electron chi connectivity index (χ2n) is 3.88. The molecule has 0 radical (unpaired) electrons. The molecular formula is C10H14N2OS2. The van der Waals surface area contributed by atoms with E-state index < -0.39 is 0 Å². The Bertz CT molecular complexity index is 364. The number of amides is 1. The molecule has 0 N–H and O–H groups in total. The third-order valence-corrected chi connectivity index (χ3v) is 3.91. The van der Waals surface area contributed by atoms with Gasteiger partial charge in [0.1, 0.15) is 0 Å². The van der Waals surface area contributed by atoms with Crippen molar-refractivity contribution < 1.29 is 4.79 Å². The van der Waals surface area contributed by atoms with Crippen LogP contribution in [0.25, 0.3) is 0 Å². The molecular weight excluding hydrogens is 228 g/mol. The number of carbonyl (C=O) groups is 1. The highest BCUT2D eigenvalue weighted by molar-refractivity contribution is 7.80. The van der Waals surface area contributed by atoms with Crippen LogP contribution in [0.3, 0.4) is 0 Å². The van der Waals surface area contributed by atoms with Crippen molar-refractivity contribution in [2.45, 2.75) is 19.9 Å². The second-order valence-corrected chi connectivity index (χ2v) is 5.31. The molecule has 1 fully saturated rings. The smallest absolute Gasteiger partial charge is 0.223 e. The monoisotopic (exact) mass is 242 g/mol. The lowest BCUT2D eigenvalue weighted by Gasteiger charge is -2.14. The molecule has 0 saturated carbocycles. The zero-order chi connectivity index (χ0) is 10.8. The number of hydrogen-bond donors (Lipinski definition) is 1. The van der Waals surface area contributed by atoms with Gasteiger partial charge in [0.25, 0.3) is 0 Å². The summed E-state index contributed by atoms with van der Waals surface area (Å²) in [4.78, 5) is 17.9. The van der Waals surface area contributed by atoms with E-state index in [9.17, 15) is 4.79 Å². The molecule has 1 saturated heterocycles. The molecule has 1 aliphatic rings. The van der Waals surface area contributed by atoms with Crippen molar-refractivity contribution in [1.82, 2.24) is 9.88 Å². The number of aromatic nitrogens is 1. The highest BCUT2D eigenvalue weighted by Gasteiger charge is 2.28. The first kappa shape index (κ1) is 11.0. The van der Waals surface area contributed by atoms with Crippen LogP contribution in [-0.2, 0) is 11.3 Å². The fourth-order valence-electron chi connectivity index (χ4n) is 1.81. The highest BCUT2D eigenvalue weighted by atomic mass is 32.1. The van der Waals surface area contributed by atoms with E-state index in [-0.39, 0.29) is 5.91 Å². The van der Waals surface area contributed by atoms with E-state index >= 15 is 0 Å². The third-order valence-electron chi connectivity index (χ3n) is 2.57. The molecule has 15 heavy (non-hydrogen) atoms. The SMILES string of the molecule is Cc1nc(CN2CC(CS)CC2=O)cs1. The van der Waals surface area contributed by atoms with Crippen LogP contribution < -0.4 is 0 Å². The highest BCUT2D eigenvalue weighted by Crippen LogP contribution is 2.21. The van der Waals surface area contributed by atoms with Gasteiger partial charge in [0.05, 0.1) is 17.2 Å². The molecule has 1 amide bonds. The Labute approximate surface area is 98.9 Å². The van der Waals surface area contributed by atoms with Crippen LogP contribution in [0.1, 0.15) is 17.1 Å².